The molecule has 0 saturated heterocycles. The fourth-order valence-electron chi connectivity index (χ4n) is 3.49. The summed E-state index contributed by atoms with van der Waals surface area (Å²) in [5.41, 5.74) is 3.95. The van der Waals surface area contributed by atoms with Crippen LogP contribution in [0.15, 0.2) is 48.8 Å². The van der Waals surface area contributed by atoms with E-state index in [1.165, 1.54) is 0 Å². The monoisotopic (exact) mass is 389 g/mol. The molecular weight excluding hydrogens is 366 g/mol. The second kappa shape index (κ2) is 8.26. The first-order valence-electron chi connectivity index (χ1n) is 9.76. The number of aryl methyl sites for hydroxylation is 1. The molecular formula is C22H23N5O2. The van der Waals surface area contributed by atoms with E-state index in [0.717, 1.165) is 36.1 Å². The number of imidazole rings is 1. The summed E-state index contributed by atoms with van der Waals surface area (Å²) >= 11 is 0. The number of nitrogens with one attached hydrogen (secondary N) is 2. The van der Waals surface area contributed by atoms with E-state index in [0.29, 0.717) is 30.3 Å². The van der Waals surface area contributed by atoms with Crippen molar-refractivity contribution in [3.8, 4) is 0 Å². The average molecular weight is 389 g/mol. The quantitative estimate of drug-likeness (QED) is 0.702. The minimum Gasteiger partial charge on any atom is -0.345 e. The summed E-state index contributed by atoms with van der Waals surface area (Å²) < 4.78 is 1.88. The number of fused-ring (bicyclic) bond motifs is 1. The molecule has 2 amide bonds. The number of hydrogen-bond donors (Lipinski definition) is 2. The van der Waals surface area contributed by atoms with Gasteiger partial charge in [-0.1, -0.05) is 17.7 Å². The van der Waals surface area contributed by atoms with Crippen LogP contribution in [0.5, 0.6) is 0 Å². The first kappa shape index (κ1) is 18.9. The largest absolute Gasteiger partial charge is 0.345 e. The molecule has 0 atom stereocenters. The van der Waals surface area contributed by atoms with Gasteiger partial charge in [0.15, 0.2) is 11.5 Å². The Morgan fingerprint density at radius 1 is 1.03 bits per heavy atom. The number of benzene rings is 1. The second-order valence-electron chi connectivity index (χ2n) is 7.20. The highest BCUT2D eigenvalue weighted by molar-refractivity contribution is 6.05. The summed E-state index contributed by atoms with van der Waals surface area (Å²) in [5.74, 6) is -0.269. The van der Waals surface area contributed by atoms with Crippen molar-refractivity contribution in [1.82, 2.24) is 19.9 Å². The van der Waals surface area contributed by atoms with Gasteiger partial charge in [-0.25, -0.2) is 4.98 Å². The Hall–Kier alpha value is -3.48. The van der Waals surface area contributed by atoms with Gasteiger partial charge in [0.25, 0.3) is 11.8 Å². The van der Waals surface area contributed by atoms with Gasteiger partial charge in [-0.05, 0) is 56.0 Å². The predicted octanol–water partition coefficient (Wildman–Crippen LogP) is 3.11. The zero-order valence-electron chi connectivity index (χ0n) is 16.3. The van der Waals surface area contributed by atoms with Crippen molar-refractivity contribution in [3.63, 3.8) is 0 Å². The van der Waals surface area contributed by atoms with Gasteiger partial charge in [0.05, 0.1) is 5.69 Å². The standard InChI is InChI=1S/C22H23N5O2/c1-15-5-7-17(8-6-15)25-21(28)19-18-4-2-3-13-27(18)20(26-19)22(29)24-14-16-9-11-23-12-10-16/h5-12H,2-4,13-14H2,1H3,(H,24,29)(H,25,28). The highest BCUT2D eigenvalue weighted by atomic mass is 16.2. The molecule has 148 valence electrons. The summed E-state index contributed by atoms with van der Waals surface area (Å²) in [6.07, 6.45) is 6.06. The maximum atomic E-state index is 12.9. The molecule has 1 aliphatic heterocycles. The molecule has 7 heteroatoms. The van der Waals surface area contributed by atoms with Crippen molar-refractivity contribution in [1.29, 1.82) is 0 Å². The summed E-state index contributed by atoms with van der Waals surface area (Å²) in [7, 11) is 0. The maximum Gasteiger partial charge on any atom is 0.287 e. The Kier molecular flexibility index (Phi) is 5.37. The van der Waals surface area contributed by atoms with Crippen molar-refractivity contribution in [2.24, 2.45) is 0 Å². The summed E-state index contributed by atoms with van der Waals surface area (Å²) in [5, 5.41) is 5.78. The highest BCUT2D eigenvalue weighted by Gasteiger charge is 2.27. The SMILES string of the molecule is Cc1ccc(NC(=O)c2nc(C(=O)NCc3ccncc3)n3c2CCCC3)cc1. The summed E-state index contributed by atoms with van der Waals surface area (Å²) in [6.45, 7) is 3.07. The van der Waals surface area contributed by atoms with E-state index >= 15 is 0 Å². The number of aromatic nitrogens is 3. The lowest BCUT2D eigenvalue weighted by atomic mass is 10.1. The molecule has 0 radical (unpaired) electrons. The fraction of sp³-hybridized carbons (Fsp3) is 0.273. The lowest BCUT2D eigenvalue weighted by molar-refractivity contribution is 0.0935. The molecule has 0 unspecified atom stereocenters. The van der Waals surface area contributed by atoms with Crippen molar-refractivity contribution in [2.75, 3.05) is 5.32 Å². The molecule has 0 aliphatic carbocycles. The normalized spacial score (nSPS) is 12.9. The van der Waals surface area contributed by atoms with E-state index in [2.05, 4.69) is 20.6 Å². The smallest absolute Gasteiger partial charge is 0.287 e. The van der Waals surface area contributed by atoms with Gasteiger partial charge in [-0.15, -0.1) is 0 Å². The molecule has 1 aromatic carbocycles. The van der Waals surface area contributed by atoms with Crippen molar-refractivity contribution in [3.05, 3.63) is 77.1 Å². The van der Waals surface area contributed by atoms with Crippen LogP contribution < -0.4 is 10.6 Å². The van der Waals surface area contributed by atoms with Gasteiger partial charge < -0.3 is 15.2 Å². The number of pyridine rings is 1. The van der Waals surface area contributed by atoms with E-state index in [1.54, 1.807) is 12.4 Å². The predicted molar refractivity (Wildman–Crippen MR) is 110 cm³/mol. The third-order valence-electron chi connectivity index (χ3n) is 5.05. The number of anilines is 1. The Bertz CT molecular complexity index is 1030. The number of carbonyl (C=O) groups excluding carboxylic acids is 2. The van der Waals surface area contributed by atoms with Crippen LogP contribution >= 0.6 is 0 Å². The Morgan fingerprint density at radius 3 is 2.55 bits per heavy atom. The lowest BCUT2D eigenvalue weighted by Gasteiger charge is -2.17. The molecule has 2 aromatic heterocycles. The van der Waals surface area contributed by atoms with Crippen LogP contribution in [0.4, 0.5) is 5.69 Å². The molecule has 3 heterocycles. The number of rotatable bonds is 5. The number of nitrogens with zero attached hydrogens (tertiary/aromatic N) is 3. The maximum absolute atomic E-state index is 12.9. The van der Waals surface area contributed by atoms with Crippen molar-refractivity contribution in [2.45, 2.75) is 39.3 Å². The molecule has 2 N–H and O–H groups in total. The molecule has 29 heavy (non-hydrogen) atoms. The van der Waals surface area contributed by atoms with Crippen LogP contribution in [0.25, 0.3) is 0 Å². The van der Waals surface area contributed by atoms with Crippen molar-refractivity contribution >= 4 is 17.5 Å². The second-order valence-corrected chi connectivity index (χ2v) is 7.20. The molecule has 4 rings (SSSR count). The third kappa shape index (κ3) is 4.18. The molecule has 0 bridgehead atoms. The van der Waals surface area contributed by atoms with E-state index in [1.807, 2.05) is 47.9 Å². The van der Waals surface area contributed by atoms with E-state index in [4.69, 9.17) is 0 Å². The lowest BCUT2D eigenvalue weighted by Crippen LogP contribution is -2.27. The molecule has 7 nitrogen and oxygen atoms in total. The molecule has 3 aromatic rings. The zero-order valence-corrected chi connectivity index (χ0v) is 16.3. The first-order chi connectivity index (χ1) is 14.1. The van der Waals surface area contributed by atoms with E-state index in [9.17, 15) is 9.59 Å². The average Bonchev–Trinajstić information content (AvgIpc) is 3.14. The Labute approximate surface area is 169 Å². The highest BCUT2D eigenvalue weighted by Crippen LogP contribution is 2.22. The molecule has 0 fully saturated rings. The molecule has 0 saturated carbocycles. The van der Waals surface area contributed by atoms with E-state index < -0.39 is 0 Å². The summed E-state index contributed by atoms with van der Waals surface area (Å²) in [6, 6.07) is 11.3. The zero-order chi connectivity index (χ0) is 20.2. The van der Waals surface area contributed by atoms with Gasteiger partial charge in [0, 0.05) is 31.2 Å². The van der Waals surface area contributed by atoms with E-state index in [-0.39, 0.29) is 11.8 Å². The number of amides is 2. The van der Waals surface area contributed by atoms with Gasteiger partial charge in [-0.3, -0.25) is 14.6 Å². The minimum atomic E-state index is -0.285. The molecule has 0 spiro atoms. The Morgan fingerprint density at radius 2 is 1.79 bits per heavy atom. The molecule has 1 aliphatic rings. The van der Waals surface area contributed by atoms with Crippen LogP contribution in [-0.2, 0) is 19.5 Å². The fourth-order valence-corrected chi connectivity index (χ4v) is 3.49. The summed E-state index contributed by atoms with van der Waals surface area (Å²) in [4.78, 5) is 34.1. The van der Waals surface area contributed by atoms with Gasteiger partial charge in [0.1, 0.15) is 0 Å². The topological polar surface area (TPSA) is 88.9 Å². The van der Waals surface area contributed by atoms with Gasteiger partial charge in [-0.2, -0.15) is 0 Å². The van der Waals surface area contributed by atoms with Crippen LogP contribution in [-0.4, -0.2) is 26.3 Å². The van der Waals surface area contributed by atoms with Gasteiger partial charge in [0.2, 0.25) is 0 Å². The minimum absolute atomic E-state index is 0.278. The number of hydrogen-bond acceptors (Lipinski definition) is 4. The Balaban J connectivity index is 1.55. The number of carbonyl (C=O) groups is 2. The van der Waals surface area contributed by atoms with Crippen LogP contribution in [0.1, 0.15) is 50.8 Å². The van der Waals surface area contributed by atoms with Crippen molar-refractivity contribution < 1.29 is 9.59 Å². The van der Waals surface area contributed by atoms with Crippen LogP contribution in [0, 0.1) is 6.92 Å². The van der Waals surface area contributed by atoms with Crippen LogP contribution in [0.2, 0.25) is 0 Å². The third-order valence-corrected chi connectivity index (χ3v) is 5.05. The first-order valence-corrected chi connectivity index (χ1v) is 9.76. The van der Waals surface area contributed by atoms with Crippen LogP contribution in [0.3, 0.4) is 0 Å². The van der Waals surface area contributed by atoms with Gasteiger partial charge >= 0.3 is 0 Å².